The summed E-state index contributed by atoms with van der Waals surface area (Å²) in [5.41, 5.74) is 2.47. The first kappa shape index (κ1) is 21.2. The number of fused-ring (bicyclic) bond motifs is 1. The fourth-order valence-electron chi connectivity index (χ4n) is 3.64. The molecular weight excluding hydrogens is 435 g/mol. The minimum Gasteiger partial charge on any atom is -0.497 e. The summed E-state index contributed by atoms with van der Waals surface area (Å²) in [7, 11) is 1.60. The maximum absolute atomic E-state index is 13.6. The molecule has 158 valence electrons. The molecule has 1 aliphatic rings. The Hall–Kier alpha value is -3.02. The SMILES string of the molecule is COc1ccc(CN2C(=O)c3cc(Cl)ccc3NC(=O)C2Cc2ccccc2Cl)cc1. The van der Waals surface area contributed by atoms with Crippen LogP contribution in [0.25, 0.3) is 0 Å². The maximum atomic E-state index is 13.6. The topological polar surface area (TPSA) is 58.6 Å². The van der Waals surface area contributed by atoms with Crippen LogP contribution in [-0.2, 0) is 17.8 Å². The van der Waals surface area contributed by atoms with Crippen molar-refractivity contribution in [2.24, 2.45) is 0 Å². The van der Waals surface area contributed by atoms with Crippen LogP contribution in [0.1, 0.15) is 21.5 Å². The van der Waals surface area contributed by atoms with Crippen LogP contribution in [0.5, 0.6) is 5.75 Å². The first-order valence-corrected chi connectivity index (χ1v) is 10.5. The summed E-state index contributed by atoms with van der Waals surface area (Å²) < 4.78 is 5.22. The summed E-state index contributed by atoms with van der Waals surface area (Å²) in [5.74, 6) is 0.167. The van der Waals surface area contributed by atoms with Crippen molar-refractivity contribution in [1.82, 2.24) is 4.90 Å². The van der Waals surface area contributed by atoms with Crippen molar-refractivity contribution in [2.45, 2.75) is 19.0 Å². The summed E-state index contributed by atoms with van der Waals surface area (Å²) in [6.07, 6.45) is 0.287. The molecule has 4 rings (SSSR count). The van der Waals surface area contributed by atoms with Crippen LogP contribution in [-0.4, -0.2) is 29.9 Å². The Morgan fingerprint density at radius 2 is 1.74 bits per heavy atom. The van der Waals surface area contributed by atoms with Gasteiger partial charge >= 0.3 is 0 Å². The zero-order valence-corrected chi connectivity index (χ0v) is 18.3. The average molecular weight is 455 g/mol. The van der Waals surface area contributed by atoms with Crippen LogP contribution >= 0.6 is 23.2 Å². The van der Waals surface area contributed by atoms with Crippen molar-refractivity contribution in [3.05, 3.63) is 93.5 Å². The monoisotopic (exact) mass is 454 g/mol. The summed E-state index contributed by atoms with van der Waals surface area (Å²) in [6, 6.07) is 18.9. The lowest BCUT2D eigenvalue weighted by atomic mass is 10.0. The lowest BCUT2D eigenvalue weighted by molar-refractivity contribution is -0.120. The van der Waals surface area contributed by atoms with E-state index in [0.29, 0.717) is 27.0 Å². The molecule has 0 fully saturated rings. The third-order valence-corrected chi connectivity index (χ3v) is 5.90. The van der Waals surface area contributed by atoms with E-state index in [2.05, 4.69) is 5.32 Å². The number of methoxy groups -OCH3 is 1. The van der Waals surface area contributed by atoms with Crippen molar-refractivity contribution >= 4 is 40.7 Å². The van der Waals surface area contributed by atoms with Gasteiger partial charge in [0.05, 0.1) is 18.4 Å². The van der Waals surface area contributed by atoms with Gasteiger partial charge in [-0.1, -0.05) is 53.5 Å². The Balaban J connectivity index is 1.75. The van der Waals surface area contributed by atoms with Gasteiger partial charge in [-0.3, -0.25) is 9.59 Å². The first-order chi connectivity index (χ1) is 15.0. The fraction of sp³-hybridized carbons (Fsp3) is 0.167. The van der Waals surface area contributed by atoms with Gasteiger partial charge in [0.1, 0.15) is 11.8 Å². The second-order valence-electron chi connectivity index (χ2n) is 7.27. The number of carbonyl (C=O) groups is 2. The zero-order valence-electron chi connectivity index (χ0n) is 16.8. The molecule has 0 aliphatic carbocycles. The minimum absolute atomic E-state index is 0.247. The van der Waals surface area contributed by atoms with E-state index in [1.54, 1.807) is 36.3 Å². The van der Waals surface area contributed by atoms with E-state index in [1.165, 1.54) is 0 Å². The molecule has 1 atom stereocenters. The third kappa shape index (κ3) is 4.53. The molecule has 0 radical (unpaired) electrons. The van der Waals surface area contributed by atoms with Gasteiger partial charge in [0, 0.05) is 23.0 Å². The Labute approximate surface area is 190 Å². The molecule has 0 saturated heterocycles. The van der Waals surface area contributed by atoms with Crippen molar-refractivity contribution < 1.29 is 14.3 Å². The van der Waals surface area contributed by atoms with Gasteiger partial charge in [-0.05, 0) is 47.5 Å². The highest BCUT2D eigenvalue weighted by Crippen LogP contribution is 2.30. The highest BCUT2D eigenvalue weighted by molar-refractivity contribution is 6.31. The number of hydrogen-bond donors (Lipinski definition) is 1. The van der Waals surface area contributed by atoms with Gasteiger partial charge in [0.2, 0.25) is 5.91 Å². The predicted octanol–water partition coefficient (Wildman–Crippen LogP) is 5.21. The summed E-state index contributed by atoms with van der Waals surface area (Å²) in [4.78, 5) is 28.4. The number of benzene rings is 3. The van der Waals surface area contributed by atoms with E-state index in [9.17, 15) is 9.59 Å². The van der Waals surface area contributed by atoms with E-state index in [1.807, 2.05) is 42.5 Å². The predicted molar refractivity (Wildman–Crippen MR) is 122 cm³/mol. The van der Waals surface area contributed by atoms with Crippen LogP contribution in [0, 0.1) is 0 Å². The molecule has 1 aliphatic heterocycles. The summed E-state index contributed by atoms with van der Waals surface area (Å²) in [6.45, 7) is 0.247. The summed E-state index contributed by atoms with van der Waals surface area (Å²) >= 11 is 12.5. The molecular formula is C24H20Cl2N2O3. The number of anilines is 1. The zero-order chi connectivity index (χ0) is 22.0. The van der Waals surface area contributed by atoms with Gasteiger partial charge in [-0.25, -0.2) is 0 Å². The van der Waals surface area contributed by atoms with Gasteiger partial charge in [0.25, 0.3) is 5.91 Å². The van der Waals surface area contributed by atoms with Gasteiger partial charge in [-0.2, -0.15) is 0 Å². The molecule has 2 amide bonds. The second kappa shape index (κ2) is 9.00. The highest BCUT2D eigenvalue weighted by atomic mass is 35.5. The fourth-order valence-corrected chi connectivity index (χ4v) is 4.03. The molecule has 0 saturated carbocycles. The number of nitrogens with zero attached hydrogens (tertiary/aromatic N) is 1. The Kier molecular flexibility index (Phi) is 6.16. The molecule has 1 unspecified atom stereocenters. The molecule has 3 aromatic rings. The van der Waals surface area contributed by atoms with Crippen LogP contribution in [0.2, 0.25) is 10.0 Å². The second-order valence-corrected chi connectivity index (χ2v) is 8.12. The van der Waals surface area contributed by atoms with Crippen LogP contribution < -0.4 is 10.1 Å². The van der Waals surface area contributed by atoms with Gasteiger partial charge in [0.15, 0.2) is 0 Å². The van der Waals surface area contributed by atoms with Gasteiger partial charge in [-0.15, -0.1) is 0 Å². The van der Waals surface area contributed by atoms with E-state index < -0.39 is 6.04 Å². The smallest absolute Gasteiger partial charge is 0.257 e. The van der Waals surface area contributed by atoms with Crippen molar-refractivity contribution in [3.63, 3.8) is 0 Å². The van der Waals surface area contributed by atoms with Gasteiger partial charge < -0.3 is 15.0 Å². The van der Waals surface area contributed by atoms with Crippen molar-refractivity contribution in [2.75, 3.05) is 12.4 Å². The molecule has 7 heteroatoms. The molecule has 0 spiro atoms. The Morgan fingerprint density at radius 1 is 1.00 bits per heavy atom. The molecule has 31 heavy (non-hydrogen) atoms. The number of carbonyl (C=O) groups excluding carboxylic acids is 2. The molecule has 1 N–H and O–H groups in total. The highest BCUT2D eigenvalue weighted by Gasteiger charge is 2.36. The Bertz CT molecular complexity index is 1130. The van der Waals surface area contributed by atoms with Crippen LogP contribution in [0.15, 0.2) is 66.7 Å². The van der Waals surface area contributed by atoms with Crippen LogP contribution in [0.4, 0.5) is 5.69 Å². The molecule has 1 heterocycles. The third-order valence-electron chi connectivity index (χ3n) is 5.29. The lowest BCUT2D eigenvalue weighted by Gasteiger charge is -2.29. The van der Waals surface area contributed by atoms with E-state index in [4.69, 9.17) is 27.9 Å². The van der Waals surface area contributed by atoms with Crippen molar-refractivity contribution in [3.8, 4) is 5.75 Å². The molecule has 3 aromatic carbocycles. The number of hydrogen-bond acceptors (Lipinski definition) is 3. The standard InChI is InChI=1S/C24H20Cl2N2O3/c1-31-18-9-6-15(7-10-18)14-28-22(12-16-4-2-3-5-20(16)26)23(29)27-21-11-8-17(25)13-19(21)24(28)30/h2-11,13,22H,12,14H2,1H3,(H,27,29). The van der Waals surface area contributed by atoms with Crippen molar-refractivity contribution in [1.29, 1.82) is 0 Å². The average Bonchev–Trinajstić information content (AvgIpc) is 2.86. The maximum Gasteiger partial charge on any atom is 0.257 e. The van der Waals surface area contributed by atoms with Crippen LogP contribution in [0.3, 0.4) is 0 Å². The molecule has 5 nitrogen and oxygen atoms in total. The lowest BCUT2D eigenvalue weighted by Crippen LogP contribution is -2.46. The molecule has 0 bridgehead atoms. The molecule has 0 aromatic heterocycles. The van der Waals surface area contributed by atoms with E-state index in [0.717, 1.165) is 11.1 Å². The largest absolute Gasteiger partial charge is 0.497 e. The number of rotatable bonds is 5. The number of halogens is 2. The van der Waals surface area contributed by atoms with E-state index >= 15 is 0 Å². The quantitative estimate of drug-likeness (QED) is 0.575. The number of ether oxygens (including phenoxy) is 1. The normalized spacial score (nSPS) is 15.8. The van der Waals surface area contributed by atoms with E-state index in [-0.39, 0.29) is 24.8 Å². The Morgan fingerprint density at radius 3 is 2.45 bits per heavy atom. The number of amides is 2. The minimum atomic E-state index is -0.749. The summed E-state index contributed by atoms with van der Waals surface area (Å²) in [5, 5.41) is 3.86. The number of nitrogens with one attached hydrogen (secondary N) is 1. The first-order valence-electron chi connectivity index (χ1n) is 9.74.